The predicted octanol–water partition coefficient (Wildman–Crippen LogP) is 4.71. The van der Waals surface area contributed by atoms with E-state index in [4.69, 9.17) is 32.7 Å². The van der Waals surface area contributed by atoms with Gasteiger partial charge in [0.15, 0.2) is 17.3 Å². The number of methoxy groups -OCH3 is 2. The number of ketones is 1. The number of hydrogen-bond acceptors (Lipinski definition) is 6. The summed E-state index contributed by atoms with van der Waals surface area (Å²) < 4.78 is 10.1. The fourth-order valence-corrected chi connectivity index (χ4v) is 3.45. The molecule has 2 N–H and O–H groups in total. The third-order valence-electron chi connectivity index (χ3n) is 4.50. The lowest BCUT2D eigenvalue weighted by Gasteiger charge is -2.10. The zero-order valence-corrected chi connectivity index (χ0v) is 18.6. The van der Waals surface area contributed by atoms with Crippen molar-refractivity contribution in [1.82, 2.24) is 5.43 Å². The summed E-state index contributed by atoms with van der Waals surface area (Å²) in [5.74, 6) is -0.989. The Kier molecular flexibility index (Phi) is 7.35. The lowest BCUT2D eigenvalue weighted by Crippen LogP contribution is -2.18. The van der Waals surface area contributed by atoms with E-state index in [1.54, 1.807) is 36.4 Å². The predicted molar refractivity (Wildman–Crippen MR) is 123 cm³/mol. The van der Waals surface area contributed by atoms with E-state index in [-0.39, 0.29) is 44.2 Å². The molecular weight excluding hydrogens is 455 g/mol. The van der Waals surface area contributed by atoms with Crippen molar-refractivity contribution in [1.29, 1.82) is 0 Å². The minimum Gasteiger partial charge on any atom is -0.502 e. The average Bonchev–Trinajstić information content (AvgIpc) is 2.81. The van der Waals surface area contributed by atoms with Crippen LogP contribution in [0.25, 0.3) is 0 Å². The van der Waals surface area contributed by atoms with E-state index in [0.29, 0.717) is 11.1 Å². The molecule has 0 heterocycles. The third kappa shape index (κ3) is 4.85. The Morgan fingerprint density at radius 1 is 0.969 bits per heavy atom. The number of phenols is 1. The third-order valence-corrected chi connectivity index (χ3v) is 5.22. The van der Waals surface area contributed by atoms with Crippen LogP contribution in [0, 0.1) is 0 Å². The summed E-state index contributed by atoms with van der Waals surface area (Å²) in [5, 5.41) is 14.2. The van der Waals surface area contributed by atoms with Gasteiger partial charge >= 0.3 is 0 Å². The van der Waals surface area contributed by atoms with E-state index in [0.717, 1.165) is 0 Å². The van der Waals surface area contributed by atoms with Crippen molar-refractivity contribution in [3.05, 3.63) is 86.9 Å². The normalized spacial score (nSPS) is 10.8. The van der Waals surface area contributed by atoms with E-state index in [9.17, 15) is 14.7 Å². The van der Waals surface area contributed by atoms with Gasteiger partial charge in [0.2, 0.25) is 5.75 Å². The van der Waals surface area contributed by atoms with Gasteiger partial charge in [0.05, 0.1) is 36.0 Å². The summed E-state index contributed by atoms with van der Waals surface area (Å²) in [5.41, 5.74) is 3.47. The van der Waals surface area contributed by atoms with Crippen LogP contribution in [0.5, 0.6) is 17.2 Å². The molecule has 7 nitrogen and oxygen atoms in total. The molecule has 0 bridgehead atoms. The Morgan fingerprint density at radius 3 is 2.19 bits per heavy atom. The zero-order chi connectivity index (χ0) is 23.3. The van der Waals surface area contributed by atoms with Crippen molar-refractivity contribution in [2.24, 2.45) is 5.10 Å². The smallest absolute Gasteiger partial charge is 0.271 e. The Hall–Kier alpha value is -3.55. The zero-order valence-electron chi connectivity index (χ0n) is 17.1. The number of hydrazone groups is 1. The second-order valence-corrected chi connectivity index (χ2v) is 7.23. The summed E-state index contributed by atoms with van der Waals surface area (Å²) in [6, 6.07) is 14.4. The summed E-state index contributed by atoms with van der Waals surface area (Å²) in [6.45, 7) is 0. The van der Waals surface area contributed by atoms with Gasteiger partial charge < -0.3 is 14.6 Å². The maximum atomic E-state index is 12.8. The molecule has 0 saturated heterocycles. The van der Waals surface area contributed by atoms with Crippen molar-refractivity contribution in [3.63, 3.8) is 0 Å². The topological polar surface area (TPSA) is 97.2 Å². The number of benzene rings is 3. The second kappa shape index (κ2) is 10.2. The number of phenolic OH excluding ortho intramolecular Hbond substituents is 1. The molecule has 0 aliphatic heterocycles. The quantitative estimate of drug-likeness (QED) is 0.294. The van der Waals surface area contributed by atoms with Gasteiger partial charge in [-0.05, 0) is 18.2 Å². The van der Waals surface area contributed by atoms with Gasteiger partial charge in [-0.25, -0.2) is 5.43 Å². The summed E-state index contributed by atoms with van der Waals surface area (Å²) in [6.07, 6.45) is 1.30. The van der Waals surface area contributed by atoms with Gasteiger partial charge in [-0.15, -0.1) is 0 Å². The number of aromatic hydroxyl groups is 1. The molecule has 3 aromatic rings. The average molecular weight is 473 g/mol. The first-order valence-electron chi connectivity index (χ1n) is 9.23. The highest BCUT2D eigenvalue weighted by molar-refractivity contribution is 6.42. The highest BCUT2D eigenvalue weighted by Crippen LogP contribution is 2.37. The number of halogens is 2. The number of amides is 1. The van der Waals surface area contributed by atoms with Gasteiger partial charge in [0.25, 0.3) is 5.91 Å². The Morgan fingerprint density at radius 2 is 1.59 bits per heavy atom. The van der Waals surface area contributed by atoms with Crippen molar-refractivity contribution in [3.8, 4) is 17.2 Å². The number of hydrogen-bond donors (Lipinski definition) is 2. The van der Waals surface area contributed by atoms with Crippen LogP contribution in [0.1, 0.15) is 31.8 Å². The monoisotopic (exact) mass is 472 g/mol. The van der Waals surface area contributed by atoms with Crippen LogP contribution in [0.15, 0.2) is 59.7 Å². The maximum Gasteiger partial charge on any atom is 0.271 e. The molecule has 0 aliphatic carbocycles. The van der Waals surface area contributed by atoms with Crippen LogP contribution in [0.2, 0.25) is 10.0 Å². The number of nitrogens with zero attached hydrogens (tertiary/aromatic N) is 1. The number of carbonyl (C=O) groups excluding carboxylic acids is 2. The number of nitrogens with one attached hydrogen (secondary N) is 1. The Balaban J connectivity index is 1.83. The molecule has 3 aromatic carbocycles. The molecular formula is C23H18Cl2N2O5. The molecule has 0 aromatic heterocycles. The van der Waals surface area contributed by atoms with Gasteiger partial charge in [-0.1, -0.05) is 59.6 Å². The van der Waals surface area contributed by atoms with E-state index >= 15 is 0 Å². The fraction of sp³-hybridized carbons (Fsp3) is 0.0870. The first-order chi connectivity index (χ1) is 15.4. The minimum atomic E-state index is -0.580. The minimum absolute atomic E-state index is 0.0725. The molecule has 0 saturated carbocycles. The first kappa shape index (κ1) is 23.1. The van der Waals surface area contributed by atoms with E-state index < -0.39 is 5.91 Å². The van der Waals surface area contributed by atoms with E-state index in [1.165, 1.54) is 38.6 Å². The van der Waals surface area contributed by atoms with E-state index in [2.05, 4.69) is 10.5 Å². The fourth-order valence-electron chi connectivity index (χ4n) is 2.86. The number of ether oxygens (including phenoxy) is 2. The highest BCUT2D eigenvalue weighted by atomic mass is 35.5. The number of carbonyl (C=O) groups is 2. The van der Waals surface area contributed by atoms with Gasteiger partial charge in [-0.2, -0.15) is 5.10 Å². The first-order valence-corrected chi connectivity index (χ1v) is 9.99. The molecule has 3 rings (SSSR count). The molecule has 0 aliphatic rings. The van der Waals surface area contributed by atoms with Crippen LogP contribution in [-0.4, -0.2) is 37.2 Å². The lowest BCUT2D eigenvalue weighted by molar-refractivity contribution is 0.0953. The maximum absolute atomic E-state index is 12.8. The van der Waals surface area contributed by atoms with Crippen LogP contribution < -0.4 is 14.9 Å². The molecule has 164 valence electrons. The molecule has 0 radical (unpaired) electrons. The second-order valence-electron chi connectivity index (χ2n) is 6.45. The summed E-state index contributed by atoms with van der Waals surface area (Å²) in [7, 11) is 2.70. The number of rotatable bonds is 7. The molecule has 0 unspecified atom stereocenters. The van der Waals surface area contributed by atoms with Crippen molar-refractivity contribution < 1.29 is 24.2 Å². The van der Waals surface area contributed by atoms with Gasteiger partial charge in [0, 0.05) is 16.7 Å². The summed E-state index contributed by atoms with van der Waals surface area (Å²) in [4.78, 5) is 25.3. The van der Waals surface area contributed by atoms with E-state index in [1.807, 2.05) is 0 Å². The Bertz CT molecular complexity index is 1170. The van der Waals surface area contributed by atoms with Crippen LogP contribution in [0.3, 0.4) is 0 Å². The standard InChI is InChI=1S/C23H18Cl2N2O5/c1-31-17-10-15(11-18(32-2)22(17)29)23(30)27-26-12-14-8-9-16(24)19(20(14)25)21(28)13-6-4-3-5-7-13/h3-12,29H,1-2H3,(H,27,30)/b26-12+. The van der Waals surface area contributed by atoms with Crippen LogP contribution >= 0.6 is 23.2 Å². The molecule has 1 amide bonds. The van der Waals surface area contributed by atoms with Crippen molar-refractivity contribution in [2.45, 2.75) is 0 Å². The summed E-state index contributed by atoms with van der Waals surface area (Å²) >= 11 is 12.6. The van der Waals surface area contributed by atoms with Gasteiger partial charge in [-0.3, -0.25) is 9.59 Å². The largest absolute Gasteiger partial charge is 0.502 e. The van der Waals surface area contributed by atoms with Crippen LogP contribution in [-0.2, 0) is 0 Å². The van der Waals surface area contributed by atoms with Gasteiger partial charge in [0.1, 0.15) is 0 Å². The Labute approximate surface area is 194 Å². The lowest BCUT2D eigenvalue weighted by atomic mass is 10.0. The molecule has 0 spiro atoms. The van der Waals surface area contributed by atoms with Crippen LogP contribution in [0.4, 0.5) is 0 Å². The van der Waals surface area contributed by atoms with Crippen molar-refractivity contribution in [2.75, 3.05) is 14.2 Å². The molecule has 9 heteroatoms. The molecule has 0 atom stereocenters. The molecule has 0 fully saturated rings. The SMILES string of the molecule is COc1cc(C(=O)N/N=C/c2ccc(Cl)c(C(=O)c3ccccc3)c2Cl)cc(OC)c1O. The van der Waals surface area contributed by atoms with Crippen molar-refractivity contribution >= 4 is 41.1 Å². The highest BCUT2D eigenvalue weighted by Gasteiger charge is 2.19. The molecule has 32 heavy (non-hydrogen) atoms.